The van der Waals surface area contributed by atoms with E-state index in [4.69, 9.17) is 0 Å². The van der Waals surface area contributed by atoms with Crippen molar-refractivity contribution in [3.05, 3.63) is 60.4 Å². The molecule has 0 aliphatic rings. The van der Waals surface area contributed by atoms with Gasteiger partial charge in [-0.05, 0) is 37.6 Å². The number of benzene rings is 2. The van der Waals surface area contributed by atoms with Gasteiger partial charge in [0.05, 0.1) is 15.9 Å². The predicted molar refractivity (Wildman–Crippen MR) is 120 cm³/mol. The smallest absolute Gasteiger partial charge is 0.240 e. The van der Waals surface area contributed by atoms with Gasteiger partial charge in [0, 0.05) is 33.2 Å². The zero-order valence-corrected chi connectivity index (χ0v) is 18.1. The lowest BCUT2D eigenvalue weighted by molar-refractivity contribution is 0.580. The van der Waals surface area contributed by atoms with Gasteiger partial charge in [-0.3, -0.25) is 4.99 Å². The minimum absolute atomic E-state index is 0.259. The first-order chi connectivity index (χ1) is 14.5. The molecule has 0 aliphatic carbocycles. The standard InChI is InChI=1S/C21H28N6O2S/c1-17-26-19-11-6-7-12-20(19)27(17)16-8-13-23-21(22-2)24-14-15-25-30(28,29)18-9-4-3-5-10-18/h3-7,9-12,25H,8,13-16H2,1-2H3,(H2,22,23,24). The zero-order chi connectivity index (χ0) is 21.4. The second kappa shape index (κ2) is 10.2. The van der Waals surface area contributed by atoms with E-state index in [1.54, 1.807) is 37.4 Å². The fourth-order valence-corrected chi connectivity index (χ4v) is 4.24. The Balaban J connectivity index is 1.39. The minimum atomic E-state index is -3.49. The van der Waals surface area contributed by atoms with Crippen molar-refractivity contribution < 1.29 is 8.42 Å². The highest BCUT2D eigenvalue weighted by molar-refractivity contribution is 7.89. The highest BCUT2D eigenvalue weighted by Crippen LogP contribution is 2.15. The van der Waals surface area contributed by atoms with E-state index in [2.05, 4.69) is 36.0 Å². The van der Waals surface area contributed by atoms with Crippen LogP contribution in [-0.2, 0) is 16.6 Å². The van der Waals surface area contributed by atoms with Crippen LogP contribution in [0.3, 0.4) is 0 Å². The third kappa shape index (κ3) is 5.58. The number of aryl methyl sites for hydroxylation is 2. The molecule has 160 valence electrons. The van der Waals surface area contributed by atoms with Crippen LogP contribution in [0.4, 0.5) is 0 Å². The second-order valence-electron chi connectivity index (χ2n) is 6.79. The van der Waals surface area contributed by atoms with Crippen LogP contribution < -0.4 is 15.4 Å². The van der Waals surface area contributed by atoms with Crippen molar-refractivity contribution >= 4 is 27.0 Å². The molecule has 0 atom stereocenters. The van der Waals surface area contributed by atoms with Gasteiger partial charge in [-0.1, -0.05) is 30.3 Å². The number of nitrogens with zero attached hydrogens (tertiary/aromatic N) is 3. The van der Waals surface area contributed by atoms with Gasteiger partial charge in [-0.2, -0.15) is 0 Å². The molecule has 0 spiro atoms. The predicted octanol–water partition coefficient (Wildman–Crippen LogP) is 1.88. The largest absolute Gasteiger partial charge is 0.356 e. The average molecular weight is 429 g/mol. The normalized spacial score (nSPS) is 12.3. The number of hydrogen-bond donors (Lipinski definition) is 3. The van der Waals surface area contributed by atoms with E-state index < -0.39 is 10.0 Å². The molecule has 0 radical (unpaired) electrons. The highest BCUT2D eigenvalue weighted by Gasteiger charge is 2.12. The molecule has 2 aromatic carbocycles. The summed E-state index contributed by atoms with van der Waals surface area (Å²) in [4.78, 5) is 9.02. The molecule has 0 amide bonds. The molecule has 0 saturated carbocycles. The summed E-state index contributed by atoms with van der Waals surface area (Å²) in [6.07, 6.45) is 0.905. The number of para-hydroxylation sites is 2. The minimum Gasteiger partial charge on any atom is -0.356 e. The molecule has 8 nitrogen and oxygen atoms in total. The van der Waals surface area contributed by atoms with Crippen molar-refractivity contribution in [2.75, 3.05) is 26.7 Å². The summed E-state index contributed by atoms with van der Waals surface area (Å²) in [6.45, 7) is 4.30. The third-order valence-electron chi connectivity index (χ3n) is 4.68. The van der Waals surface area contributed by atoms with Gasteiger partial charge in [0.1, 0.15) is 5.82 Å². The van der Waals surface area contributed by atoms with Crippen LogP contribution in [-0.4, -0.2) is 50.6 Å². The lowest BCUT2D eigenvalue weighted by atomic mass is 10.3. The average Bonchev–Trinajstić information content (AvgIpc) is 3.08. The second-order valence-corrected chi connectivity index (χ2v) is 8.56. The molecule has 1 aromatic heterocycles. The SMILES string of the molecule is CN=C(NCCCn1c(C)nc2ccccc21)NCCNS(=O)(=O)c1ccccc1. The number of aromatic nitrogens is 2. The van der Waals surface area contributed by atoms with Gasteiger partial charge in [-0.25, -0.2) is 18.1 Å². The van der Waals surface area contributed by atoms with E-state index in [9.17, 15) is 8.42 Å². The molecule has 3 N–H and O–H groups in total. The van der Waals surface area contributed by atoms with Gasteiger partial charge in [-0.15, -0.1) is 0 Å². The Morgan fingerprint density at radius 2 is 1.70 bits per heavy atom. The summed E-state index contributed by atoms with van der Waals surface area (Å²) in [5.74, 6) is 1.64. The number of rotatable bonds is 9. The molecule has 3 rings (SSSR count). The zero-order valence-electron chi connectivity index (χ0n) is 17.3. The number of fused-ring (bicyclic) bond motifs is 1. The molecule has 30 heavy (non-hydrogen) atoms. The van der Waals surface area contributed by atoms with Crippen LogP contribution in [0.15, 0.2) is 64.5 Å². The Morgan fingerprint density at radius 1 is 1.00 bits per heavy atom. The number of hydrogen-bond acceptors (Lipinski definition) is 4. The molecule has 0 aliphatic heterocycles. The van der Waals surface area contributed by atoms with Crippen LogP contribution in [0.2, 0.25) is 0 Å². The molecule has 1 heterocycles. The number of nitrogens with one attached hydrogen (secondary N) is 3. The number of guanidine groups is 1. The first-order valence-corrected chi connectivity index (χ1v) is 11.4. The summed E-state index contributed by atoms with van der Waals surface area (Å²) in [7, 11) is -1.80. The lowest BCUT2D eigenvalue weighted by Crippen LogP contribution is -2.41. The summed E-state index contributed by atoms with van der Waals surface area (Å²) < 4.78 is 29.2. The summed E-state index contributed by atoms with van der Waals surface area (Å²) in [5.41, 5.74) is 2.15. The van der Waals surface area contributed by atoms with Crippen LogP contribution in [0.1, 0.15) is 12.2 Å². The fourth-order valence-electron chi connectivity index (χ4n) is 3.19. The molecule has 0 saturated heterocycles. The maximum Gasteiger partial charge on any atom is 0.240 e. The first-order valence-electron chi connectivity index (χ1n) is 9.92. The van der Waals surface area contributed by atoms with Crippen LogP contribution in [0, 0.1) is 6.92 Å². The van der Waals surface area contributed by atoms with Gasteiger partial charge in [0.2, 0.25) is 10.0 Å². The monoisotopic (exact) mass is 428 g/mol. The molecule has 0 bridgehead atoms. The van der Waals surface area contributed by atoms with Crippen molar-refractivity contribution in [3.63, 3.8) is 0 Å². The maximum atomic E-state index is 12.2. The topological polar surface area (TPSA) is 100 Å². The van der Waals surface area contributed by atoms with Crippen molar-refractivity contribution in [2.24, 2.45) is 4.99 Å². The quantitative estimate of drug-likeness (QED) is 0.274. The van der Waals surface area contributed by atoms with Gasteiger partial charge >= 0.3 is 0 Å². The van der Waals surface area contributed by atoms with Crippen molar-refractivity contribution in [1.29, 1.82) is 0 Å². The number of imidazole rings is 1. The highest BCUT2D eigenvalue weighted by atomic mass is 32.2. The fraction of sp³-hybridized carbons (Fsp3) is 0.333. The third-order valence-corrected chi connectivity index (χ3v) is 6.16. The lowest BCUT2D eigenvalue weighted by Gasteiger charge is -2.13. The summed E-state index contributed by atoms with van der Waals surface area (Å²) in [6, 6.07) is 16.5. The molecule has 0 unspecified atom stereocenters. The Kier molecular flexibility index (Phi) is 7.42. The van der Waals surface area contributed by atoms with E-state index in [1.807, 2.05) is 25.1 Å². The molecular formula is C21H28N6O2S. The van der Waals surface area contributed by atoms with Crippen molar-refractivity contribution in [3.8, 4) is 0 Å². The van der Waals surface area contributed by atoms with Gasteiger partial charge in [0.25, 0.3) is 0 Å². The van der Waals surface area contributed by atoms with E-state index in [-0.39, 0.29) is 11.4 Å². The summed E-state index contributed by atoms with van der Waals surface area (Å²) >= 11 is 0. The van der Waals surface area contributed by atoms with Crippen molar-refractivity contribution in [1.82, 2.24) is 24.9 Å². The van der Waals surface area contributed by atoms with Crippen molar-refractivity contribution in [2.45, 2.75) is 24.8 Å². The van der Waals surface area contributed by atoms with E-state index >= 15 is 0 Å². The molecule has 3 aromatic rings. The van der Waals surface area contributed by atoms with E-state index in [0.29, 0.717) is 12.5 Å². The molecular weight excluding hydrogens is 400 g/mol. The van der Waals surface area contributed by atoms with Crippen LogP contribution in [0.5, 0.6) is 0 Å². The van der Waals surface area contributed by atoms with E-state index in [0.717, 1.165) is 36.4 Å². The van der Waals surface area contributed by atoms with E-state index in [1.165, 1.54) is 0 Å². The summed E-state index contributed by atoms with van der Waals surface area (Å²) in [5, 5.41) is 6.38. The Hall–Kier alpha value is -2.91. The number of aliphatic imine (C=N–C) groups is 1. The molecule has 9 heteroatoms. The number of sulfonamides is 1. The maximum absolute atomic E-state index is 12.2. The Morgan fingerprint density at radius 3 is 2.47 bits per heavy atom. The Labute approximate surface area is 177 Å². The van der Waals surface area contributed by atoms with Gasteiger partial charge in [0.15, 0.2) is 5.96 Å². The van der Waals surface area contributed by atoms with Crippen LogP contribution >= 0.6 is 0 Å². The van der Waals surface area contributed by atoms with Gasteiger partial charge < -0.3 is 15.2 Å². The first kappa shape index (κ1) is 21.8. The van der Waals surface area contributed by atoms with Crippen LogP contribution in [0.25, 0.3) is 11.0 Å². The Bertz CT molecular complexity index is 1090. The molecule has 0 fully saturated rings.